The summed E-state index contributed by atoms with van der Waals surface area (Å²) in [5.41, 5.74) is 1.06. The first-order valence-electron chi connectivity index (χ1n) is 5.92. The van der Waals surface area contributed by atoms with Crippen LogP contribution in [-0.4, -0.2) is 27.9 Å². The molecule has 0 atom stereocenters. The highest BCUT2D eigenvalue weighted by Gasteiger charge is 2.31. The molecule has 0 radical (unpaired) electrons. The van der Waals surface area contributed by atoms with Crippen molar-refractivity contribution in [2.24, 2.45) is 0 Å². The minimum absolute atomic E-state index is 0.233. The molecule has 94 valence electrons. The molecule has 1 aliphatic rings. The third-order valence-electron chi connectivity index (χ3n) is 2.83. The molecule has 1 amide bonds. The minimum atomic E-state index is -1.10. The second kappa shape index (κ2) is 5.49. The molecule has 0 saturated heterocycles. The zero-order chi connectivity index (χ0) is 13.0. The van der Waals surface area contributed by atoms with Gasteiger partial charge in [0, 0.05) is 24.7 Å². The number of amides is 1. The summed E-state index contributed by atoms with van der Waals surface area (Å²) in [6.07, 6.45) is 4.02. The Bertz CT molecular complexity index is 463. The Morgan fingerprint density at radius 2 is 1.89 bits per heavy atom. The molecule has 1 N–H and O–H groups in total. The number of hydrogen-bond donors (Lipinski definition) is 1. The third kappa shape index (κ3) is 3.45. The standard InChI is InChI=1S/C14H15NO3/c16-13(8-9-14(17)18)15(12-6-7-12)10-11-4-2-1-3-5-11/h1-5,8-9,12H,6-7,10H2,(H,17,18)/b9-8+. The van der Waals surface area contributed by atoms with Crippen molar-refractivity contribution < 1.29 is 14.7 Å². The topological polar surface area (TPSA) is 57.6 Å². The maximum atomic E-state index is 11.9. The molecule has 1 aliphatic carbocycles. The van der Waals surface area contributed by atoms with E-state index in [1.54, 1.807) is 4.90 Å². The fourth-order valence-electron chi connectivity index (χ4n) is 1.79. The van der Waals surface area contributed by atoms with Gasteiger partial charge in [0.1, 0.15) is 0 Å². The van der Waals surface area contributed by atoms with Crippen LogP contribution in [0.3, 0.4) is 0 Å². The lowest BCUT2D eigenvalue weighted by Crippen LogP contribution is -2.31. The summed E-state index contributed by atoms with van der Waals surface area (Å²) in [6, 6.07) is 9.97. The van der Waals surface area contributed by atoms with Crippen LogP contribution in [0.15, 0.2) is 42.5 Å². The van der Waals surface area contributed by atoms with Crippen LogP contribution in [0.25, 0.3) is 0 Å². The summed E-state index contributed by atoms with van der Waals surface area (Å²) in [6.45, 7) is 0.536. The Labute approximate surface area is 106 Å². The molecule has 0 unspecified atom stereocenters. The van der Waals surface area contributed by atoms with Crippen molar-refractivity contribution in [1.29, 1.82) is 0 Å². The fourth-order valence-corrected chi connectivity index (χ4v) is 1.79. The van der Waals surface area contributed by atoms with E-state index in [1.807, 2.05) is 30.3 Å². The van der Waals surface area contributed by atoms with Gasteiger partial charge in [-0.05, 0) is 18.4 Å². The Kier molecular flexibility index (Phi) is 3.77. The smallest absolute Gasteiger partial charge is 0.328 e. The molecule has 2 rings (SSSR count). The van der Waals surface area contributed by atoms with E-state index in [0.717, 1.165) is 30.6 Å². The maximum absolute atomic E-state index is 11.9. The molecule has 1 aromatic rings. The van der Waals surface area contributed by atoms with Gasteiger partial charge in [-0.1, -0.05) is 30.3 Å². The summed E-state index contributed by atoms with van der Waals surface area (Å²) in [5.74, 6) is -1.33. The molecule has 0 aromatic heterocycles. The van der Waals surface area contributed by atoms with Gasteiger partial charge in [-0.15, -0.1) is 0 Å². The summed E-state index contributed by atoms with van der Waals surface area (Å²) in [5, 5.41) is 8.53. The second-order valence-electron chi connectivity index (χ2n) is 4.35. The predicted octanol–water partition coefficient (Wildman–Crippen LogP) is 1.82. The number of aliphatic carboxylic acids is 1. The van der Waals surface area contributed by atoms with Crippen LogP contribution >= 0.6 is 0 Å². The zero-order valence-electron chi connectivity index (χ0n) is 9.95. The molecule has 18 heavy (non-hydrogen) atoms. The van der Waals surface area contributed by atoms with Gasteiger partial charge in [-0.3, -0.25) is 4.79 Å². The summed E-state index contributed by atoms with van der Waals surface area (Å²) in [7, 11) is 0. The quantitative estimate of drug-likeness (QED) is 0.805. The van der Waals surface area contributed by atoms with Gasteiger partial charge in [-0.25, -0.2) is 4.79 Å². The summed E-state index contributed by atoms with van der Waals surface area (Å²) < 4.78 is 0. The highest BCUT2D eigenvalue weighted by molar-refractivity contribution is 5.94. The van der Waals surface area contributed by atoms with Gasteiger partial charge in [-0.2, -0.15) is 0 Å². The first-order chi connectivity index (χ1) is 8.66. The van der Waals surface area contributed by atoms with E-state index in [0.29, 0.717) is 6.54 Å². The molecule has 1 saturated carbocycles. The second-order valence-corrected chi connectivity index (χ2v) is 4.35. The molecule has 1 fully saturated rings. The molecular weight excluding hydrogens is 230 g/mol. The lowest BCUT2D eigenvalue weighted by Gasteiger charge is -2.20. The average Bonchev–Trinajstić information content (AvgIpc) is 3.18. The Hall–Kier alpha value is -2.10. The number of benzene rings is 1. The highest BCUT2D eigenvalue weighted by Crippen LogP contribution is 2.28. The molecule has 1 aromatic carbocycles. The van der Waals surface area contributed by atoms with Crippen LogP contribution in [0.4, 0.5) is 0 Å². The van der Waals surface area contributed by atoms with Crippen molar-refractivity contribution >= 4 is 11.9 Å². The van der Waals surface area contributed by atoms with E-state index in [9.17, 15) is 9.59 Å². The van der Waals surface area contributed by atoms with Crippen molar-refractivity contribution in [1.82, 2.24) is 4.90 Å². The molecule has 0 aliphatic heterocycles. The fraction of sp³-hybridized carbons (Fsp3) is 0.286. The van der Waals surface area contributed by atoms with Crippen LogP contribution in [0.1, 0.15) is 18.4 Å². The number of carbonyl (C=O) groups is 2. The minimum Gasteiger partial charge on any atom is -0.478 e. The van der Waals surface area contributed by atoms with Crippen LogP contribution in [0, 0.1) is 0 Å². The molecule has 4 nitrogen and oxygen atoms in total. The SMILES string of the molecule is O=C(O)/C=C/C(=O)N(Cc1ccccc1)C1CC1. The monoisotopic (exact) mass is 245 g/mol. The van der Waals surface area contributed by atoms with Gasteiger partial charge >= 0.3 is 5.97 Å². The number of carbonyl (C=O) groups excluding carboxylic acids is 1. The van der Waals surface area contributed by atoms with Gasteiger partial charge in [0.15, 0.2) is 0 Å². The summed E-state index contributed by atoms with van der Waals surface area (Å²) in [4.78, 5) is 24.1. The first-order valence-corrected chi connectivity index (χ1v) is 5.92. The molecule has 0 spiro atoms. The van der Waals surface area contributed by atoms with Crippen molar-refractivity contribution in [3.8, 4) is 0 Å². The normalized spacial score (nSPS) is 14.7. The first kappa shape index (κ1) is 12.4. The Balaban J connectivity index is 2.04. The lowest BCUT2D eigenvalue weighted by molar-refractivity contribution is -0.132. The van der Waals surface area contributed by atoms with E-state index in [4.69, 9.17) is 5.11 Å². The summed E-state index contributed by atoms with van der Waals surface area (Å²) >= 11 is 0. The van der Waals surface area contributed by atoms with Crippen LogP contribution in [0.5, 0.6) is 0 Å². The van der Waals surface area contributed by atoms with E-state index in [1.165, 1.54) is 0 Å². The highest BCUT2D eigenvalue weighted by atomic mass is 16.4. The van der Waals surface area contributed by atoms with E-state index in [2.05, 4.69) is 0 Å². The molecule has 4 heteroatoms. The Morgan fingerprint density at radius 1 is 1.22 bits per heavy atom. The Morgan fingerprint density at radius 3 is 2.44 bits per heavy atom. The van der Waals surface area contributed by atoms with Crippen molar-refractivity contribution in [3.63, 3.8) is 0 Å². The van der Waals surface area contributed by atoms with Crippen molar-refractivity contribution in [2.45, 2.75) is 25.4 Å². The zero-order valence-corrected chi connectivity index (χ0v) is 9.95. The van der Waals surface area contributed by atoms with E-state index >= 15 is 0 Å². The van der Waals surface area contributed by atoms with E-state index < -0.39 is 5.97 Å². The van der Waals surface area contributed by atoms with Gasteiger partial charge in [0.2, 0.25) is 5.91 Å². The third-order valence-corrected chi connectivity index (χ3v) is 2.83. The van der Waals surface area contributed by atoms with Crippen molar-refractivity contribution in [3.05, 3.63) is 48.0 Å². The van der Waals surface area contributed by atoms with Crippen LogP contribution in [0.2, 0.25) is 0 Å². The van der Waals surface area contributed by atoms with Gasteiger partial charge < -0.3 is 10.0 Å². The van der Waals surface area contributed by atoms with Crippen molar-refractivity contribution in [2.75, 3.05) is 0 Å². The van der Waals surface area contributed by atoms with Gasteiger partial charge in [0.25, 0.3) is 0 Å². The van der Waals surface area contributed by atoms with Gasteiger partial charge in [0.05, 0.1) is 0 Å². The lowest BCUT2D eigenvalue weighted by atomic mass is 10.2. The average molecular weight is 245 g/mol. The largest absolute Gasteiger partial charge is 0.478 e. The van der Waals surface area contributed by atoms with Crippen LogP contribution in [-0.2, 0) is 16.1 Å². The van der Waals surface area contributed by atoms with E-state index in [-0.39, 0.29) is 11.9 Å². The predicted molar refractivity (Wildman–Crippen MR) is 66.8 cm³/mol. The molecule has 0 heterocycles. The number of carboxylic acids is 1. The maximum Gasteiger partial charge on any atom is 0.328 e. The molecule has 0 bridgehead atoms. The number of nitrogens with zero attached hydrogens (tertiary/aromatic N) is 1. The number of rotatable bonds is 5. The number of carboxylic acid groups (broad SMARTS) is 1. The molecular formula is C14H15NO3. The number of hydrogen-bond acceptors (Lipinski definition) is 2. The van der Waals surface area contributed by atoms with Crippen LogP contribution < -0.4 is 0 Å².